The van der Waals surface area contributed by atoms with E-state index in [-0.39, 0.29) is 5.82 Å². The Balaban J connectivity index is 1.38. The summed E-state index contributed by atoms with van der Waals surface area (Å²) in [6.07, 6.45) is 11.7. The number of ether oxygens (including phenoxy) is 1. The highest BCUT2D eigenvalue weighted by atomic mass is 19.1. The van der Waals surface area contributed by atoms with E-state index in [0.717, 1.165) is 19.1 Å². The number of anilines is 1. The van der Waals surface area contributed by atoms with Gasteiger partial charge in [-0.25, -0.2) is 14.4 Å². The van der Waals surface area contributed by atoms with Crippen LogP contribution in [0.1, 0.15) is 44.9 Å². The maximum absolute atomic E-state index is 13.1. The van der Waals surface area contributed by atoms with Crippen molar-refractivity contribution < 1.29 is 9.13 Å². The summed E-state index contributed by atoms with van der Waals surface area (Å²) in [6, 6.07) is 0.725. The highest BCUT2D eigenvalue weighted by molar-refractivity contribution is 5.30. The lowest BCUT2D eigenvalue weighted by atomic mass is 9.79. The quantitative estimate of drug-likeness (QED) is 0.840. The molecular weight excluding hydrogens is 319 g/mol. The number of hydrogen-bond acceptors (Lipinski definition) is 5. The summed E-state index contributed by atoms with van der Waals surface area (Å²) in [5.74, 6) is 0.314. The topological polar surface area (TPSA) is 41.5 Å². The Bertz CT molecular complexity index is 575. The van der Waals surface area contributed by atoms with Crippen molar-refractivity contribution in [1.82, 2.24) is 14.9 Å². The molecule has 0 N–H and O–H groups in total. The van der Waals surface area contributed by atoms with Crippen molar-refractivity contribution in [3.8, 4) is 0 Å². The summed E-state index contributed by atoms with van der Waals surface area (Å²) in [7, 11) is 1.84. The first kappa shape index (κ1) is 17.2. The SMILES string of the molecule is COC1CCC(N2CC[C@]3(CCCN(c4ncc(F)cn4)C3)C2)CC1. The molecule has 3 fully saturated rings. The van der Waals surface area contributed by atoms with Crippen LogP contribution in [-0.4, -0.2) is 60.3 Å². The molecule has 138 valence electrons. The molecule has 25 heavy (non-hydrogen) atoms. The molecule has 0 radical (unpaired) electrons. The molecule has 1 aliphatic carbocycles. The molecule has 1 atom stereocenters. The number of hydrogen-bond donors (Lipinski definition) is 0. The Labute approximate surface area is 149 Å². The molecule has 0 bridgehead atoms. The second-order valence-electron chi connectivity index (χ2n) is 8.11. The summed E-state index contributed by atoms with van der Waals surface area (Å²) in [4.78, 5) is 13.4. The van der Waals surface area contributed by atoms with Gasteiger partial charge in [0.2, 0.25) is 5.95 Å². The first-order valence-corrected chi connectivity index (χ1v) is 9.67. The third kappa shape index (κ3) is 3.65. The van der Waals surface area contributed by atoms with Crippen LogP contribution in [-0.2, 0) is 4.74 Å². The van der Waals surface area contributed by atoms with E-state index in [2.05, 4.69) is 19.8 Å². The maximum atomic E-state index is 13.1. The standard InChI is InChI=1S/C19H29FN4O/c1-25-17-5-3-16(4-6-17)23-10-8-19(13-23)7-2-9-24(14-19)18-21-11-15(20)12-22-18/h11-12,16-17H,2-10,13-14H2,1H3/t16?,17?,19-/m1/s1. The van der Waals surface area contributed by atoms with Crippen molar-refractivity contribution in [2.75, 3.05) is 38.2 Å². The molecule has 2 aliphatic heterocycles. The van der Waals surface area contributed by atoms with Gasteiger partial charge in [0.15, 0.2) is 5.82 Å². The molecular formula is C19H29FN4O. The molecule has 4 rings (SSSR count). The molecule has 0 aromatic carbocycles. The smallest absolute Gasteiger partial charge is 0.225 e. The monoisotopic (exact) mass is 348 g/mol. The number of halogens is 1. The zero-order valence-electron chi connectivity index (χ0n) is 15.2. The fraction of sp³-hybridized carbons (Fsp3) is 0.789. The summed E-state index contributed by atoms with van der Waals surface area (Å²) >= 11 is 0. The van der Waals surface area contributed by atoms with E-state index in [0.29, 0.717) is 17.5 Å². The van der Waals surface area contributed by atoms with Crippen LogP contribution in [0.3, 0.4) is 0 Å². The lowest BCUT2D eigenvalue weighted by Crippen LogP contribution is -2.47. The summed E-state index contributed by atoms with van der Waals surface area (Å²) in [6.45, 7) is 4.38. The Morgan fingerprint density at radius 1 is 1.08 bits per heavy atom. The summed E-state index contributed by atoms with van der Waals surface area (Å²) < 4.78 is 18.6. The minimum absolute atomic E-state index is 0.355. The predicted molar refractivity (Wildman–Crippen MR) is 95.1 cm³/mol. The minimum atomic E-state index is -0.367. The van der Waals surface area contributed by atoms with Crippen molar-refractivity contribution in [3.63, 3.8) is 0 Å². The lowest BCUT2D eigenvalue weighted by molar-refractivity contribution is 0.0406. The predicted octanol–water partition coefficient (Wildman–Crippen LogP) is 2.87. The zero-order valence-corrected chi connectivity index (χ0v) is 15.2. The van der Waals surface area contributed by atoms with Crippen LogP contribution in [0.15, 0.2) is 12.4 Å². The Kier molecular flexibility index (Phi) is 4.91. The average Bonchev–Trinajstić information content (AvgIpc) is 3.05. The van der Waals surface area contributed by atoms with Crippen LogP contribution in [0.5, 0.6) is 0 Å². The van der Waals surface area contributed by atoms with E-state index in [1.165, 1.54) is 70.4 Å². The van der Waals surface area contributed by atoms with E-state index >= 15 is 0 Å². The van der Waals surface area contributed by atoms with Gasteiger partial charge in [-0.1, -0.05) is 0 Å². The van der Waals surface area contributed by atoms with Crippen LogP contribution in [0.2, 0.25) is 0 Å². The minimum Gasteiger partial charge on any atom is -0.381 e. The third-order valence-corrected chi connectivity index (χ3v) is 6.51. The van der Waals surface area contributed by atoms with E-state index in [9.17, 15) is 4.39 Å². The van der Waals surface area contributed by atoms with Crippen LogP contribution < -0.4 is 4.90 Å². The van der Waals surface area contributed by atoms with E-state index in [1.54, 1.807) is 0 Å². The second-order valence-corrected chi connectivity index (χ2v) is 8.11. The highest BCUT2D eigenvalue weighted by Crippen LogP contribution is 2.42. The van der Waals surface area contributed by atoms with Crippen molar-refractivity contribution >= 4 is 5.95 Å². The molecule has 3 heterocycles. The summed E-state index contributed by atoms with van der Waals surface area (Å²) in [5, 5.41) is 0. The van der Waals surface area contributed by atoms with Gasteiger partial charge in [-0.2, -0.15) is 0 Å². The van der Waals surface area contributed by atoms with E-state index in [1.807, 2.05) is 7.11 Å². The molecule has 0 amide bonds. The number of aromatic nitrogens is 2. The molecule has 3 aliphatic rings. The van der Waals surface area contributed by atoms with Crippen LogP contribution in [0, 0.1) is 11.2 Å². The molecule has 5 nitrogen and oxygen atoms in total. The first-order chi connectivity index (χ1) is 12.2. The molecule has 0 unspecified atom stereocenters. The Morgan fingerprint density at radius 2 is 1.84 bits per heavy atom. The number of rotatable bonds is 3. The lowest BCUT2D eigenvalue weighted by Gasteiger charge is -2.41. The van der Waals surface area contributed by atoms with Crippen molar-refractivity contribution in [2.45, 2.75) is 57.1 Å². The average molecular weight is 348 g/mol. The normalized spacial score (nSPS) is 33.9. The zero-order chi connectivity index (χ0) is 17.3. The van der Waals surface area contributed by atoms with Gasteiger partial charge in [0.25, 0.3) is 0 Å². The summed E-state index contributed by atoms with van der Waals surface area (Å²) in [5.41, 5.74) is 0.355. The van der Waals surface area contributed by atoms with Crippen molar-refractivity contribution in [3.05, 3.63) is 18.2 Å². The number of likely N-dealkylation sites (tertiary alicyclic amines) is 1. The second kappa shape index (κ2) is 7.16. The van der Waals surface area contributed by atoms with Gasteiger partial charge < -0.3 is 9.64 Å². The molecule has 1 aromatic rings. The van der Waals surface area contributed by atoms with Gasteiger partial charge >= 0.3 is 0 Å². The Morgan fingerprint density at radius 3 is 2.56 bits per heavy atom. The van der Waals surface area contributed by atoms with Gasteiger partial charge in [-0.05, 0) is 51.5 Å². The van der Waals surface area contributed by atoms with Gasteiger partial charge in [0, 0.05) is 38.2 Å². The molecule has 2 saturated heterocycles. The van der Waals surface area contributed by atoms with Crippen molar-refractivity contribution in [2.24, 2.45) is 5.41 Å². The van der Waals surface area contributed by atoms with Crippen LogP contribution >= 0.6 is 0 Å². The van der Waals surface area contributed by atoms with Crippen LogP contribution in [0.4, 0.5) is 10.3 Å². The molecule has 1 aromatic heterocycles. The maximum Gasteiger partial charge on any atom is 0.225 e. The number of methoxy groups -OCH3 is 1. The Hall–Kier alpha value is -1.27. The highest BCUT2D eigenvalue weighted by Gasteiger charge is 2.44. The van der Waals surface area contributed by atoms with Crippen molar-refractivity contribution in [1.29, 1.82) is 0 Å². The number of piperidine rings is 1. The third-order valence-electron chi connectivity index (χ3n) is 6.51. The fourth-order valence-corrected chi connectivity index (χ4v) is 5.11. The molecule has 1 spiro atoms. The van der Waals surface area contributed by atoms with Crippen LogP contribution in [0.25, 0.3) is 0 Å². The number of nitrogens with zero attached hydrogens (tertiary/aromatic N) is 4. The largest absolute Gasteiger partial charge is 0.381 e. The van der Waals surface area contributed by atoms with E-state index in [4.69, 9.17) is 4.74 Å². The van der Waals surface area contributed by atoms with Gasteiger partial charge in [0.05, 0.1) is 18.5 Å². The fourth-order valence-electron chi connectivity index (χ4n) is 5.11. The van der Waals surface area contributed by atoms with Gasteiger partial charge in [-0.3, -0.25) is 4.90 Å². The first-order valence-electron chi connectivity index (χ1n) is 9.67. The van der Waals surface area contributed by atoms with Gasteiger partial charge in [0.1, 0.15) is 0 Å². The van der Waals surface area contributed by atoms with Gasteiger partial charge in [-0.15, -0.1) is 0 Å². The molecule has 1 saturated carbocycles. The molecule has 6 heteroatoms. The van der Waals surface area contributed by atoms with E-state index < -0.39 is 0 Å².